The number of aromatic carboxylic acids is 1. The molecular weight excluding hydrogens is 214 g/mol. The van der Waals surface area contributed by atoms with Gasteiger partial charge in [0, 0.05) is 11.8 Å². The Balaban J connectivity index is 2.64. The van der Waals surface area contributed by atoms with Crippen LogP contribution in [0.1, 0.15) is 21.5 Å². The topological polar surface area (TPSA) is 50.2 Å². The van der Waals surface area contributed by atoms with Gasteiger partial charge < -0.3 is 5.11 Å². The Morgan fingerprint density at radius 2 is 2.00 bits per heavy atom. The van der Waals surface area contributed by atoms with Gasteiger partial charge in [-0.2, -0.15) is 0 Å². The summed E-state index contributed by atoms with van der Waals surface area (Å²) in [6.45, 7) is 3.97. The first-order chi connectivity index (χ1) is 8.09. The van der Waals surface area contributed by atoms with E-state index in [1.54, 1.807) is 18.3 Å². The summed E-state index contributed by atoms with van der Waals surface area (Å²) in [5.74, 6) is -0.951. The number of carboxylic acid groups (broad SMARTS) is 1. The van der Waals surface area contributed by atoms with E-state index in [2.05, 4.69) is 4.98 Å². The molecule has 0 radical (unpaired) electrons. The zero-order valence-corrected chi connectivity index (χ0v) is 9.77. The first-order valence-corrected chi connectivity index (χ1v) is 5.35. The average molecular weight is 227 g/mol. The molecule has 0 saturated heterocycles. The highest BCUT2D eigenvalue weighted by Crippen LogP contribution is 2.25. The quantitative estimate of drug-likeness (QED) is 0.857. The van der Waals surface area contributed by atoms with Crippen molar-refractivity contribution >= 4 is 5.97 Å². The van der Waals surface area contributed by atoms with E-state index in [1.807, 2.05) is 32.0 Å². The van der Waals surface area contributed by atoms with Crippen molar-refractivity contribution < 1.29 is 9.90 Å². The van der Waals surface area contributed by atoms with Crippen LogP contribution in [0.25, 0.3) is 11.3 Å². The molecule has 0 aliphatic carbocycles. The molecule has 0 aliphatic heterocycles. The average Bonchev–Trinajstić information content (AvgIpc) is 2.29. The van der Waals surface area contributed by atoms with Crippen molar-refractivity contribution in [3.05, 3.63) is 53.2 Å². The standard InChI is InChI=1S/C14H13NO2/c1-9-5-6-11(10(2)8-9)13-12(14(16)17)4-3-7-15-13/h3-8H,1-2H3,(H,16,17). The molecule has 2 rings (SSSR count). The van der Waals surface area contributed by atoms with Crippen molar-refractivity contribution in [3.8, 4) is 11.3 Å². The molecular formula is C14H13NO2. The highest BCUT2D eigenvalue weighted by molar-refractivity contribution is 5.95. The smallest absolute Gasteiger partial charge is 0.337 e. The Labute approximate surface area is 99.8 Å². The first-order valence-electron chi connectivity index (χ1n) is 5.35. The summed E-state index contributed by atoms with van der Waals surface area (Å²) >= 11 is 0. The molecule has 1 heterocycles. The summed E-state index contributed by atoms with van der Waals surface area (Å²) in [7, 11) is 0. The lowest BCUT2D eigenvalue weighted by atomic mass is 9.99. The lowest BCUT2D eigenvalue weighted by Crippen LogP contribution is -2.02. The number of hydrogen-bond donors (Lipinski definition) is 1. The molecule has 3 heteroatoms. The number of aryl methyl sites for hydroxylation is 2. The van der Waals surface area contributed by atoms with Crippen molar-refractivity contribution in [1.82, 2.24) is 4.98 Å². The lowest BCUT2D eigenvalue weighted by Gasteiger charge is -2.08. The van der Waals surface area contributed by atoms with Gasteiger partial charge in [-0.15, -0.1) is 0 Å². The van der Waals surface area contributed by atoms with Crippen molar-refractivity contribution in [2.45, 2.75) is 13.8 Å². The molecule has 0 spiro atoms. The fourth-order valence-corrected chi connectivity index (χ4v) is 1.87. The van der Waals surface area contributed by atoms with Gasteiger partial charge in [0.25, 0.3) is 0 Å². The van der Waals surface area contributed by atoms with Crippen LogP contribution in [0, 0.1) is 13.8 Å². The fourth-order valence-electron chi connectivity index (χ4n) is 1.87. The van der Waals surface area contributed by atoms with Gasteiger partial charge in [-0.1, -0.05) is 23.8 Å². The second-order valence-electron chi connectivity index (χ2n) is 4.02. The van der Waals surface area contributed by atoms with Gasteiger partial charge in [-0.25, -0.2) is 4.79 Å². The third kappa shape index (κ3) is 2.18. The Bertz CT molecular complexity index is 576. The molecule has 0 amide bonds. The van der Waals surface area contributed by atoms with E-state index in [1.165, 1.54) is 0 Å². The Kier molecular flexibility index (Phi) is 2.91. The number of pyridine rings is 1. The SMILES string of the molecule is Cc1ccc(-c2ncccc2C(=O)O)c(C)c1. The van der Waals surface area contributed by atoms with Crippen LogP contribution < -0.4 is 0 Å². The number of aromatic nitrogens is 1. The number of hydrogen-bond acceptors (Lipinski definition) is 2. The van der Waals surface area contributed by atoms with E-state index in [9.17, 15) is 4.79 Å². The number of rotatable bonds is 2. The predicted molar refractivity (Wildman–Crippen MR) is 66.1 cm³/mol. The molecule has 0 bridgehead atoms. The zero-order chi connectivity index (χ0) is 12.4. The number of carboxylic acids is 1. The molecule has 0 fully saturated rings. The van der Waals surface area contributed by atoms with E-state index >= 15 is 0 Å². The monoisotopic (exact) mass is 227 g/mol. The van der Waals surface area contributed by atoms with Crippen molar-refractivity contribution in [3.63, 3.8) is 0 Å². The van der Waals surface area contributed by atoms with E-state index < -0.39 is 5.97 Å². The maximum Gasteiger partial charge on any atom is 0.337 e. The largest absolute Gasteiger partial charge is 0.478 e. The molecule has 1 N–H and O–H groups in total. The summed E-state index contributed by atoms with van der Waals surface area (Å²) in [6, 6.07) is 9.11. The minimum atomic E-state index is -0.951. The van der Waals surface area contributed by atoms with Crippen LogP contribution in [-0.2, 0) is 0 Å². The Hall–Kier alpha value is -2.16. The van der Waals surface area contributed by atoms with Gasteiger partial charge in [0.2, 0.25) is 0 Å². The summed E-state index contributed by atoms with van der Waals surface area (Å²) in [4.78, 5) is 15.3. The van der Waals surface area contributed by atoms with Gasteiger partial charge in [0.1, 0.15) is 0 Å². The number of nitrogens with zero attached hydrogens (tertiary/aromatic N) is 1. The minimum Gasteiger partial charge on any atom is -0.478 e. The van der Waals surface area contributed by atoms with Crippen molar-refractivity contribution in [2.24, 2.45) is 0 Å². The summed E-state index contributed by atoms with van der Waals surface area (Å²) in [5.41, 5.74) is 3.82. The van der Waals surface area contributed by atoms with Gasteiger partial charge in [-0.05, 0) is 31.5 Å². The molecule has 1 aromatic heterocycles. The molecule has 0 atom stereocenters. The Morgan fingerprint density at radius 3 is 2.65 bits per heavy atom. The molecule has 0 unspecified atom stereocenters. The van der Waals surface area contributed by atoms with Crippen LogP contribution in [-0.4, -0.2) is 16.1 Å². The van der Waals surface area contributed by atoms with Crippen LogP contribution in [0.3, 0.4) is 0 Å². The van der Waals surface area contributed by atoms with Gasteiger partial charge in [0.05, 0.1) is 11.3 Å². The van der Waals surface area contributed by atoms with Crippen LogP contribution >= 0.6 is 0 Å². The van der Waals surface area contributed by atoms with Crippen LogP contribution in [0.15, 0.2) is 36.5 Å². The Morgan fingerprint density at radius 1 is 1.24 bits per heavy atom. The van der Waals surface area contributed by atoms with Gasteiger partial charge in [-0.3, -0.25) is 4.98 Å². The molecule has 0 aliphatic rings. The van der Waals surface area contributed by atoms with E-state index in [0.717, 1.165) is 16.7 Å². The van der Waals surface area contributed by atoms with Crippen LogP contribution in [0.2, 0.25) is 0 Å². The molecule has 0 saturated carbocycles. The molecule has 3 nitrogen and oxygen atoms in total. The third-order valence-corrected chi connectivity index (χ3v) is 2.68. The first kappa shape index (κ1) is 11.3. The fraction of sp³-hybridized carbons (Fsp3) is 0.143. The number of carbonyl (C=O) groups is 1. The minimum absolute atomic E-state index is 0.236. The lowest BCUT2D eigenvalue weighted by molar-refractivity contribution is 0.0697. The van der Waals surface area contributed by atoms with Crippen molar-refractivity contribution in [2.75, 3.05) is 0 Å². The molecule has 17 heavy (non-hydrogen) atoms. The van der Waals surface area contributed by atoms with E-state index in [0.29, 0.717) is 5.69 Å². The third-order valence-electron chi connectivity index (χ3n) is 2.68. The molecule has 2 aromatic rings. The second-order valence-corrected chi connectivity index (χ2v) is 4.02. The van der Waals surface area contributed by atoms with Crippen LogP contribution in [0.5, 0.6) is 0 Å². The zero-order valence-electron chi connectivity index (χ0n) is 9.77. The molecule has 86 valence electrons. The van der Waals surface area contributed by atoms with Crippen LogP contribution in [0.4, 0.5) is 0 Å². The second kappa shape index (κ2) is 4.37. The van der Waals surface area contributed by atoms with Gasteiger partial charge in [0.15, 0.2) is 0 Å². The number of benzene rings is 1. The maximum absolute atomic E-state index is 11.1. The highest BCUT2D eigenvalue weighted by atomic mass is 16.4. The van der Waals surface area contributed by atoms with Crippen molar-refractivity contribution in [1.29, 1.82) is 0 Å². The van der Waals surface area contributed by atoms with E-state index in [4.69, 9.17) is 5.11 Å². The molecule has 1 aromatic carbocycles. The van der Waals surface area contributed by atoms with Gasteiger partial charge >= 0.3 is 5.97 Å². The summed E-state index contributed by atoms with van der Waals surface area (Å²) in [6.07, 6.45) is 1.61. The maximum atomic E-state index is 11.1. The predicted octanol–water partition coefficient (Wildman–Crippen LogP) is 3.06. The van der Waals surface area contributed by atoms with E-state index in [-0.39, 0.29) is 5.56 Å². The normalized spacial score (nSPS) is 10.2. The summed E-state index contributed by atoms with van der Waals surface area (Å²) in [5, 5.41) is 9.13. The summed E-state index contributed by atoms with van der Waals surface area (Å²) < 4.78 is 0. The highest BCUT2D eigenvalue weighted by Gasteiger charge is 2.13.